The highest BCUT2D eigenvalue weighted by molar-refractivity contribution is 6.32. The maximum absolute atomic E-state index is 12.6. The predicted octanol–water partition coefficient (Wildman–Crippen LogP) is 3.69. The summed E-state index contributed by atoms with van der Waals surface area (Å²) in [6.07, 6.45) is 1.40. The van der Waals surface area contributed by atoms with Gasteiger partial charge in [0.05, 0.1) is 24.0 Å². The van der Waals surface area contributed by atoms with Gasteiger partial charge >= 0.3 is 5.97 Å². The van der Waals surface area contributed by atoms with Gasteiger partial charge in [-0.2, -0.15) is 5.10 Å². The predicted molar refractivity (Wildman–Crippen MR) is 105 cm³/mol. The minimum Gasteiger partial charge on any atom is -0.487 e. The van der Waals surface area contributed by atoms with E-state index < -0.39 is 5.97 Å². The number of hydrogen-bond acceptors (Lipinski definition) is 5. The van der Waals surface area contributed by atoms with Crippen LogP contribution in [0.4, 0.5) is 5.69 Å². The molecule has 0 saturated carbocycles. The summed E-state index contributed by atoms with van der Waals surface area (Å²) in [5.74, 6) is -0.396. The molecule has 1 heterocycles. The van der Waals surface area contributed by atoms with Crippen LogP contribution < -0.4 is 10.1 Å². The van der Waals surface area contributed by atoms with Crippen LogP contribution in [0.3, 0.4) is 0 Å². The molecule has 1 aromatic heterocycles. The lowest BCUT2D eigenvalue weighted by molar-refractivity contribution is 0.0589. The summed E-state index contributed by atoms with van der Waals surface area (Å²) in [5.41, 5.74) is 1.65. The van der Waals surface area contributed by atoms with Crippen molar-refractivity contribution < 1.29 is 19.1 Å². The Kier molecular flexibility index (Phi) is 5.96. The first-order chi connectivity index (χ1) is 13.5. The van der Waals surface area contributed by atoms with E-state index in [9.17, 15) is 9.59 Å². The number of ether oxygens (including phenoxy) is 2. The molecule has 3 aromatic rings. The van der Waals surface area contributed by atoms with Crippen LogP contribution in [0, 0.1) is 0 Å². The molecule has 0 aliphatic heterocycles. The number of carbonyl (C=O) groups is 2. The molecule has 7 nitrogen and oxygen atoms in total. The average Bonchev–Trinajstić information content (AvgIpc) is 3.07. The second kappa shape index (κ2) is 8.58. The molecule has 2 aromatic carbocycles. The van der Waals surface area contributed by atoms with Gasteiger partial charge in [-0.1, -0.05) is 35.9 Å². The Morgan fingerprint density at radius 3 is 2.71 bits per heavy atom. The first-order valence-corrected chi connectivity index (χ1v) is 8.75. The molecule has 28 heavy (non-hydrogen) atoms. The third-order valence-electron chi connectivity index (χ3n) is 3.99. The van der Waals surface area contributed by atoms with Gasteiger partial charge in [0.1, 0.15) is 12.4 Å². The standard InChI is InChI=1S/C20H18ClN3O4/c1-24-18(20(26)27-2)16(11-22-24)23-19(25)14-7-5-6-13(10-14)12-28-17-9-4-3-8-15(17)21/h3-11H,12H2,1-2H3,(H,23,25). The zero-order valence-electron chi connectivity index (χ0n) is 15.3. The first-order valence-electron chi connectivity index (χ1n) is 8.37. The van der Waals surface area contributed by atoms with Gasteiger partial charge in [-0.25, -0.2) is 4.79 Å². The van der Waals surface area contributed by atoms with Gasteiger partial charge in [0, 0.05) is 12.6 Å². The van der Waals surface area contributed by atoms with Crippen molar-refractivity contribution in [2.24, 2.45) is 7.05 Å². The Labute approximate surface area is 166 Å². The number of halogens is 1. The Morgan fingerprint density at radius 2 is 1.96 bits per heavy atom. The highest BCUT2D eigenvalue weighted by Crippen LogP contribution is 2.24. The molecule has 3 rings (SSSR count). The van der Waals surface area contributed by atoms with Gasteiger partial charge in [-0.15, -0.1) is 0 Å². The first kappa shape index (κ1) is 19.4. The molecule has 1 N–H and O–H groups in total. The zero-order valence-corrected chi connectivity index (χ0v) is 16.1. The molecule has 0 spiro atoms. The van der Waals surface area contributed by atoms with Crippen LogP contribution in [-0.2, 0) is 18.4 Å². The fraction of sp³-hybridized carbons (Fsp3) is 0.150. The van der Waals surface area contributed by atoms with Gasteiger partial charge < -0.3 is 14.8 Å². The molecule has 0 aliphatic rings. The highest BCUT2D eigenvalue weighted by atomic mass is 35.5. The summed E-state index contributed by atoms with van der Waals surface area (Å²) >= 11 is 6.08. The van der Waals surface area contributed by atoms with Crippen LogP contribution in [0.15, 0.2) is 54.7 Å². The summed E-state index contributed by atoms with van der Waals surface area (Å²) in [6.45, 7) is 0.255. The molecule has 0 bridgehead atoms. The minimum absolute atomic E-state index is 0.161. The number of hydrogen-bond donors (Lipinski definition) is 1. The molecule has 0 atom stereocenters. The molecular formula is C20H18ClN3O4. The van der Waals surface area contributed by atoms with Gasteiger partial charge in [0.2, 0.25) is 0 Å². The Balaban J connectivity index is 1.73. The third-order valence-corrected chi connectivity index (χ3v) is 4.30. The van der Waals surface area contributed by atoms with E-state index in [1.54, 1.807) is 37.4 Å². The molecule has 0 unspecified atom stereocenters. The molecule has 8 heteroatoms. The molecule has 0 aliphatic carbocycles. The molecule has 1 amide bonds. The SMILES string of the molecule is COC(=O)c1c(NC(=O)c2cccc(COc3ccccc3Cl)c2)cnn1C. The lowest BCUT2D eigenvalue weighted by Gasteiger charge is -2.10. The fourth-order valence-corrected chi connectivity index (χ4v) is 2.78. The van der Waals surface area contributed by atoms with Gasteiger partial charge in [-0.3, -0.25) is 9.48 Å². The smallest absolute Gasteiger partial charge is 0.358 e. The van der Waals surface area contributed by atoms with E-state index in [1.807, 2.05) is 18.2 Å². The van der Waals surface area contributed by atoms with Crippen molar-refractivity contribution in [1.82, 2.24) is 9.78 Å². The third kappa shape index (κ3) is 4.32. The fourth-order valence-electron chi connectivity index (χ4n) is 2.59. The maximum Gasteiger partial charge on any atom is 0.358 e. The summed E-state index contributed by atoms with van der Waals surface area (Å²) in [6, 6.07) is 14.1. The number of nitrogens with one attached hydrogen (secondary N) is 1. The van der Waals surface area contributed by atoms with Crippen LogP contribution in [-0.4, -0.2) is 28.8 Å². The number of nitrogens with zero attached hydrogens (tertiary/aromatic N) is 2. The number of aromatic nitrogens is 2. The number of benzene rings is 2. The van der Waals surface area contributed by atoms with E-state index in [4.69, 9.17) is 21.1 Å². The number of carbonyl (C=O) groups excluding carboxylic acids is 2. The van der Waals surface area contributed by atoms with Crippen molar-refractivity contribution in [1.29, 1.82) is 0 Å². The van der Waals surface area contributed by atoms with Gasteiger partial charge in [0.15, 0.2) is 5.69 Å². The topological polar surface area (TPSA) is 82.4 Å². The van der Waals surface area contributed by atoms with E-state index >= 15 is 0 Å². The van der Waals surface area contributed by atoms with Crippen LogP contribution >= 0.6 is 11.6 Å². The highest BCUT2D eigenvalue weighted by Gasteiger charge is 2.19. The second-order valence-corrected chi connectivity index (χ2v) is 6.30. The maximum atomic E-state index is 12.6. The minimum atomic E-state index is -0.586. The monoisotopic (exact) mass is 399 g/mol. The van der Waals surface area contributed by atoms with Crippen molar-refractivity contribution >= 4 is 29.2 Å². The van der Waals surface area contributed by atoms with Crippen molar-refractivity contribution in [2.75, 3.05) is 12.4 Å². The number of amides is 1. The normalized spacial score (nSPS) is 10.4. The second-order valence-electron chi connectivity index (χ2n) is 5.90. The summed E-state index contributed by atoms with van der Waals surface area (Å²) in [5, 5.41) is 7.19. The quantitative estimate of drug-likeness (QED) is 0.639. The number of aryl methyl sites for hydroxylation is 1. The largest absolute Gasteiger partial charge is 0.487 e. The number of methoxy groups -OCH3 is 1. The number of esters is 1. The van der Waals surface area contributed by atoms with E-state index in [1.165, 1.54) is 18.0 Å². The van der Waals surface area contributed by atoms with E-state index in [-0.39, 0.29) is 23.9 Å². The van der Waals surface area contributed by atoms with Gasteiger partial charge in [0.25, 0.3) is 5.91 Å². The lowest BCUT2D eigenvalue weighted by Crippen LogP contribution is -2.16. The number of anilines is 1. The van der Waals surface area contributed by atoms with E-state index in [2.05, 4.69) is 10.4 Å². The molecular weight excluding hydrogens is 382 g/mol. The van der Waals surface area contributed by atoms with Crippen molar-refractivity contribution in [2.45, 2.75) is 6.61 Å². The van der Waals surface area contributed by atoms with Crippen molar-refractivity contribution in [3.05, 3.63) is 76.6 Å². The van der Waals surface area contributed by atoms with E-state index in [0.29, 0.717) is 16.3 Å². The zero-order chi connectivity index (χ0) is 20.1. The Hall–Kier alpha value is -3.32. The van der Waals surface area contributed by atoms with Crippen LogP contribution in [0.2, 0.25) is 5.02 Å². The van der Waals surface area contributed by atoms with Crippen LogP contribution in [0.25, 0.3) is 0 Å². The average molecular weight is 400 g/mol. The molecule has 0 radical (unpaired) electrons. The van der Waals surface area contributed by atoms with Crippen molar-refractivity contribution in [3.63, 3.8) is 0 Å². The summed E-state index contributed by atoms with van der Waals surface area (Å²) in [4.78, 5) is 24.5. The van der Waals surface area contributed by atoms with Crippen molar-refractivity contribution in [3.8, 4) is 5.75 Å². The number of para-hydroxylation sites is 1. The number of rotatable bonds is 6. The van der Waals surface area contributed by atoms with Crippen LogP contribution in [0.1, 0.15) is 26.4 Å². The van der Waals surface area contributed by atoms with E-state index in [0.717, 1.165) is 5.56 Å². The summed E-state index contributed by atoms with van der Waals surface area (Å²) < 4.78 is 11.8. The van der Waals surface area contributed by atoms with Gasteiger partial charge in [-0.05, 0) is 29.8 Å². The summed E-state index contributed by atoms with van der Waals surface area (Å²) in [7, 11) is 2.86. The Morgan fingerprint density at radius 1 is 1.18 bits per heavy atom. The molecule has 0 fully saturated rings. The van der Waals surface area contributed by atoms with Crippen LogP contribution in [0.5, 0.6) is 5.75 Å². The lowest BCUT2D eigenvalue weighted by atomic mass is 10.1. The Bertz CT molecular complexity index is 1020. The molecule has 144 valence electrons. The molecule has 0 saturated heterocycles.